The van der Waals surface area contributed by atoms with Crippen molar-refractivity contribution in [2.75, 3.05) is 48.3 Å². The van der Waals surface area contributed by atoms with Crippen molar-refractivity contribution in [3.63, 3.8) is 0 Å². The predicted octanol–water partition coefficient (Wildman–Crippen LogP) is 4.26. The second kappa shape index (κ2) is 16.8. The number of nitrogens with zero attached hydrogens (tertiary/aromatic N) is 8. The third kappa shape index (κ3) is 8.14. The van der Waals surface area contributed by atoms with Crippen molar-refractivity contribution in [3.05, 3.63) is 120 Å². The molecule has 2 aliphatic rings. The zero-order valence-electron chi connectivity index (χ0n) is 31.3. The molecule has 6 aromatic rings. The van der Waals surface area contributed by atoms with Gasteiger partial charge in [0.2, 0.25) is 5.95 Å². The highest BCUT2D eigenvalue weighted by Gasteiger charge is 2.44. The smallest absolute Gasteiger partial charge is 0.315 e. The van der Waals surface area contributed by atoms with Crippen LogP contribution in [0.2, 0.25) is 0 Å². The predicted molar refractivity (Wildman–Crippen MR) is 215 cm³/mol. The highest BCUT2D eigenvalue weighted by molar-refractivity contribution is 5.84. The summed E-state index contributed by atoms with van der Waals surface area (Å²) in [5.41, 5.74) is 4.35. The van der Waals surface area contributed by atoms with Gasteiger partial charge in [-0.1, -0.05) is 66.7 Å². The zero-order chi connectivity index (χ0) is 38.4. The first-order valence-corrected chi connectivity index (χ1v) is 19.3. The number of hydrogen-bond acceptors (Lipinski definition) is 11. The fraction of sp³-hybridized carbons (Fsp3) is 0.366. The minimum absolute atomic E-state index is 0.0240. The van der Waals surface area contributed by atoms with Gasteiger partial charge in [-0.05, 0) is 55.0 Å². The number of fused-ring (bicyclic) bond motifs is 1. The number of benzene rings is 2. The molecule has 0 bridgehead atoms. The van der Waals surface area contributed by atoms with E-state index in [2.05, 4.69) is 60.5 Å². The number of aliphatic hydroxyl groups is 2. The maximum Gasteiger partial charge on any atom is 0.315 e. The standard InChI is InChI=1S/C41H48N12O3/c1-27-23-47-53(25-27)33-22-32(36(54)37(33)55)52-26-46-35-38(45-24-31(28-10-4-2-5-11-28)29-12-6-3-7-13-29)49-40(50-39(35)52)43-18-19-44-41(56)48-30-15-20-51(21-16-30)34-14-8-9-17-42-34/h2-14,17,23,25-26,30-33,36-37,54-55H,15-16,18-22,24H2,1H3,(H2,44,48,56)(H2,43,45,49,50)/t32-,33+,36+,37-/m1/s1. The zero-order valence-corrected chi connectivity index (χ0v) is 31.3. The first kappa shape index (κ1) is 36.9. The van der Waals surface area contributed by atoms with E-state index in [1.165, 1.54) is 0 Å². The average molecular weight is 757 g/mol. The van der Waals surface area contributed by atoms with Crippen LogP contribution in [-0.2, 0) is 0 Å². The van der Waals surface area contributed by atoms with Gasteiger partial charge < -0.3 is 40.9 Å². The first-order chi connectivity index (χ1) is 27.4. The van der Waals surface area contributed by atoms with Crippen molar-refractivity contribution >= 4 is 34.8 Å². The highest BCUT2D eigenvalue weighted by atomic mass is 16.3. The Labute approximate surface area is 325 Å². The Morgan fingerprint density at radius 3 is 2.25 bits per heavy atom. The summed E-state index contributed by atoms with van der Waals surface area (Å²) in [7, 11) is 0. The van der Waals surface area contributed by atoms with Crippen LogP contribution in [0.15, 0.2) is 104 Å². The Hall–Kier alpha value is -6.06. The van der Waals surface area contributed by atoms with Crippen molar-refractivity contribution in [2.45, 2.75) is 62.4 Å². The van der Waals surface area contributed by atoms with Crippen molar-refractivity contribution < 1.29 is 15.0 Å². The normalized spacial score (nSPS) is 20.0. The van der Waals surface area contributed by atoms with Gasteiger partial charge in [-0.2, -0.15) is 15.1 Å². The second-order valence-corrected chi connectivity index (χ2v) is 14.6. The number of carbonyl (C=O) groups excluding carboxylic acids is 1. The van der Waals surface area contributed by atoms with E-state index in [0.717, 1.165) is 48.4 Å². The molecule has 6 N–H and O–H groups in total. The molecule has 290 valence electrons. The number of rotatable bonds is 13. The first-order valence-electron chi connectivity index (χ1n) is 19.3. The van der Waals surface area contributed by atoms with E-state index in [9.17, 15) is 15.0 Å². The van der Waals surface area contributed by atoms with Crippen LogP contribution in [0.3, 0.4) is 0 Å². The Morgan fingerprint density at radius 2 is 1.57 bits per heavy atom. The number of aliphatic hydroxyl groups excluding tert-OH is 2. The van der Waals surface area contributed by atoms with Crippen LogP contribution in [0.1, 0.15) is 54.0 Å². The van der Waals surface area contributed by atoms with E-state index in [1.54, 1.807) is 23.4 Å². The van der Waals surface area contributed by atoms with Crippen LogP contribution in [0.5, 0.6) is 0 Å². The number of aryl methyl sites for hydroxylation is 1. The van der Waals surface area contributed by atoms with E-state index in [1.807, 2.05) is 72.3 Å². The van der Waals surface area contributed by atoms with Crippen LogP contribution in [0.25, 0.3) is 11.2 Å². The van der Waals surface area contributed by atoms with E-state index in [4.69, 9.17) is 15.0 Å². The minimum atomic E-state index is -1.07. The largest absolute Gasteiger partial charge is 0.388 e. The summed E-state index contributed by atoms with van der Waals surface area (Å²) < 4.78 is 3.55. The fourth-order valence-corrected chi connectivity index (χ4v) is 7.88. The number of aromatic nitrogens is 7. The minimum Gasteiger partial charge on any atom is -0.388 e. The van der Waals surface area contributed by atoms with Gasteiger partial charge in [0.25, 0.3) is 0 Å². The lowest BCUT2D eigenvalue weighted by Gasteiger charge is -2.33. The lowest BCUT2D eigenvalue weighted by atomic mass is 9.91. The summed E-state index contributed by atoms with van der Waals surface area (Å²) in [6.45, 7) is 4.83. The van der Waals surface area contributed by atoms with Crippen LogP contribution < -0.4 is 26.2 Å². The summed E-state index contributed by atoms with van der Waals surface area (Å²) in [5.74, 6) is 1.86. The van der Waals surface area contributed by atoms with E-state index >= 15 is 0 Å². The van der Waals surface area contributed by atoms with Gasteiger partial charge in [-0.25, -0.2) is 14.8 Å². The topological polar surface area (TPSA) is 183 Å². The van der Waals surface area contributed by atoms with Gasteiger partial charge in [0, 0.05) is 57.1 Å². The van der Waals surface area contributed by atoms with Gasteiger partial charge in [-0.3, -0.25) is 4.68 Å². The SMILES string of the molecule is Cc1cnn([C@H]2C[C@@H](n3cnc4c(NCC(c5ccccc5)c5ccccc5)nc(NCCNC(=O)NC5CCN(c6ccccn6)CC5)nc43)[C@H](O)[C@@H]2O)c1. The maximum atomic E-state index is 12.9. The molecule has 15 nitrogen and oxygen atoms in total. The van der Waals surface area contributed by atoms with E-state index in [-0.39, 0.29) is 18.0 Å². The van der Waals surface area contributed by atoms with Crippen LogP contribution in [0, 0.1) is 6.92 Å². The summed E-state index contributed by atoms with van der Waals surface area (Å²) in [6, 6.07) is 25.5. The van der Waals surface area contributed by atoms with Gasteiger partial charge in [-0.15, -0.1) is 0 Å². The lowest BCUT2D eigenvalue weighted by Crippen LogP contribution is -2.48. The third-order valence-corrected chi connectivity index (χ3v) is 10.8. The summed E-state index contributed by atoms with van der Waals surface area (Å²) in [6.07, 6.45) is 7.07. The number of anilines is 3. The molecule has 2 fully saturated rings. The molecule has 1 aliphatic carbocycles. The molecule has 0 unspecified atom stereocenters. The van der Waals surface area contributed by atoms with Crippen LogP contribution in [-0.4, -0.2) is 102 Å². The summed E-state index contributed by atoms with van der Waals surface area (Å²) in [4.78, 5) is 34.0. The summed E-state index contributed by atoms with van der Waals surface area (Å²) in [5, 5.41) is 39.8. The molecule has 2 aromatic carbocycles. The number of urea groups is 1. The number of amides is 2. The number of hydrogen-bond donors (Lipinski definition) is 6. The monoisotopic (exact) mass is 756 g/mol. The number of carbonyl (C=O) groups is 1. The Kier molecular flexibility index (Phi) is 11.0. The Bertz CT molecular complexity index is 2150. The molecular weight excluding hydrogens is 709 g/mol. The molecule has 4 atom stereocenters. The molecule has 8 rings (SSSR count). The number of pyridine rings is 1. The molecule has 1 aliphatic heterocycles. The average Bonchev–Trinajstić information content (AvgIpc) is 3.94. The van der Waals surface area contributed by atoms with Gasteiger partial charge in [0.15, 0.2) is 17.0 Å². The molecular formula is C41H48N12O3. The van der Waals surface area contributed by atoms with E-state index < -0.39 is 24.3 Å². The molecule has 1 saturated carbocycles. The third-order valence-electron chi connectivity index (χ3n) is 10.8. The van der Waals surface area contributed by atoms with Gasteiger partial charge >= 0.3 is 6.03 Å². The molecule has 2 amide bonds. The summed E-state index contributed by atoms with van der Waals surface area (Å²) >= 11 is 0. The highest BCUT2D eigenvalue weighted by Crippen LogP contribution is 2.40. The number of nitrogens with one attached hydrogen (secondary N) is 4. The molecule has 4 aromatic heterocycles. The second-order valence-electron chi connectivity index (χ2n) is 14.6. The van der Waals surface area contributed by atoms with Crippen molar-refractivity contribution in [2.24, 2.45) is 0 Å². The molecule has 0 radical (unpaired) electrons. The molecule has 15 heteroatoms. The molecule has 5 heterocycles. The van der Waals surface area contributed by atoms with Crippen molar-refractivity contribution in [1.29, 1.82) is 0 Å². The van der Waals surface area contributed by atoms with E-state index in [0.29, 0.717) is 49.0 Å². The quantitative estimate of drug-likeness (QED) is 0.0927. The van der Waals surface area contributed by atoms with Crippen LogP contribution in [0.4, 0.5) is 22.4 Å². The fourth-order valence-electron chi connectivity index (χ4n) is 7.88. The Morgan fingerprint density at radius 1 is 0.857 bits per heavy atom. The lowest BCUT2D eigenvalue weighted by molar-refractivity contribution is 0.00722. The molecule has 56 heavy (non-hydrogen) atoms. The van der Waals surface area contributed by atoms with Gasteiger partial charge in [0.1, 0.15) is 18.0 Å². The molecule has 0 spiro atoms. The number of imidazole rings is 1. The van der Waals surface area contributed by atoms with Crippen molar-refractivity contribution in [1.82, 2.24) is 44.9 Å². The molecule has 1 saturated heterocycles. The number of piperidine rings is 1. The van der Waals surface area contributed by atoms with Crippen molar-refractivity contribution in [3.8, 4) is 0 Å². The van der Waals surface area contributed by atoms with Crippen LogP contribution >= 0.6 is 0 Å². The maximum absolute atomic E-state index is 12.9. The Balaban J connectivity index is 0.978. The van der Waals surface area contributed by atoms with Gasteiger partial charge in [0.05, 0.1) is 24.6 Å².